The summed E-state index contributed by atoms with van der Waals surface area (Å²) in [5, 5.41) is 6.51. The van der Waals surface area contributed by atoms with Gasteiger partial charge in [-0.15, -0.1) is 11.3 Å². The highest BCUT2D eigenvalue weighted by Crippen LogP contribution is 2.49. The van der Waals surface area contributed by atoms with Gasteiger partial charge in [-0.25, -0.2) is 0 Å². The van der Waals surface area contributed by atoms with E-state index in [1.54, 1.807) is 0 Å². The van der Waals surface area contributed by atoms with Gasteiger partial charge in [-0.3, -0.25) is 0 Å². The molecular formula is C66H46BN3S. The molecule has 5 heteroatoms. The molecule has 0 spiro atoms. The lowest BCUT2D eigenvalue weighted by atomic mass is 9.57. The van der Waals surface area contributed by atoms with Crippen molar-refractivity contribution in [1.82, 2.24) is 0 Å². The lowest BCUT2D eigenvalue weighted by molar-refractivity contribution is 1.26. The van der Waals surface area contributed by atoms with Crippen LogP contribution >= 0.6 is 11.3 Å². The largest absolute Gasteiger partial charge is 0.355 e. The van der Waals surface area contributed by atoms with Crippen molar-refractivity contribution < 1.29 is 0 Å². The molecule has 13 rings (SSSR count). The predicted molar refractivity (Wildman–Crippen MR) is 307 cm³/mol. The maximum absolute atomic E-state index is 3.96. The smallest absolute Gasteiger partial charge is 0.198 e. The highest BCUT2D eigenvalue weighted by Gasteiger charge is 2.32. The molecule has 3 nitrogen and oxygen atoms in total. The van der Waals surface area contributed by atoms with Crippen molar-refractivity contribution in [2.75, 3.05) is 15.1 Å². The number of hydrogen-bond acceptors (Lipinski definition) is 4. The van der Waals surface area contributed by atoms with Gasteiger partial charge >= 0.3 is 0 Å². The molecule has 12 aromatic rings. The Morgan fingerprint density at radius 2 is 0.944 bits per heavy atom. The second-order valence-electron chi connectivity index (χ2n) is 18.2. The summed E-state index contributed by atoms with van der Waals surface area (Å²) in [5.41, 5.74) is 20.9. The minimum atomic E-state index is 0.744. The molecule has 1 aliphatic heterocycles. The van der Waals surface area contributed by atoms with Crippen molar-refractivity contribution in [3.05, 3.63) is 267 Å². The fraction of sp³-hybridized carbons (Fsp3) is 0. The molecule has 0 bridgehead atoms. The Morgan fingerprint density at radius 3 is 1.61 bits per heavy atom. The molecule has 11 aromatic carbocycles. The van der Waals surface area contributed by atoms with Gasteiger partial charge in [0, 0.05) is 65.5 Å². The highest BCUT2D eigenvalue weighted by atomic mass is 32.1. The third kappa shape index (κ3) is 7.93. The molecule has 334 valence electrons. The summed E-state index contributed by atoms with van der Waals surface area (Å²) in [7, 11) is 0.744. The standard InChI is InChI=1S/C66H46BN3S/c1-6-19-45(20-7-1)48-33-36-54(37-34-48)70-61-43-55(69(52-27-12-4-13-28-52)53-29-14-5-15-30-53)38-39-59(61)67-65-58(44-63-64(66(65)70)56-31-16-17-32-62(56)71-63)57-42-50(47-23-10-3-11-24-47)35-40-60(57)68-51-26-18-25-49(41-51)46-21-8-2-9-22-46/h1-44,67-68H. The van der Waals surface area contributed by atoms with Crippen LogP contribution in [-0.4, -0.2) is 7.28 Å². The molecule has 0 radical (unpaired) electrons. The van der Waals surface area contributed by atoms with Gasteiger partial charge in [-0.05, 0) is 129 Å². The van der Waals surface area contributed by atoms with Crippen LogP contribution in [0, 0.1) is 0 Å². The molecule has 0 saturated heterocycles. The summed E-state index contributed by atoms with van der Waals surface area (Å²) < 4.78 is 2.53. The first-order valence-corrected chi connectivity index (χ1v) is 25.1. The molecule has 0 amide bonds. The van der Waals surface area contributed by atoms with Crippen molar-refractivity contribution in [2.45, 2.75) is 0 Å². The quantitative estimate of drug-likeness (QED) is 0.138. The summed E-state index contributed by atoms with van der Waals surface area (Å²) in [6.07, 6.45) is 0. The van der Waals surface area contributed by atoms with Crippen molar-refractivity contribution in [3.63, 3.8) is 0 Å². The van der Waals surface area contributed by atoms with E-state index in [2.05, 4.69) is 282 Å². The summed E-state index contributed by atoms with van der Waals surface area (Å²) in [5.74, 6) is 0. The number of hydrogen-bond donors (Lipinski definition) is 1. The van der Waals surface area contributed by atoms with Gasteiger partial charge in [0.15, 0.2) is 7.28 Å². The van der Waals surface area contributed by atoms with Crippen molar-refractivity contribution >= 4 is 95.2 Å². The summed E-state index contributed by atoms with van der Waals surface area (Å²) in [6.45, 7) is 0. The maximum Gasteiger partial charge on any atom is 0.198 e. The third-order valence-corrected chi connectivity index (χ3v) is 14.9. The normalized spacial score (nSPS) is 11.7. The number of nitrogens with zero attached hydrogens (tertiary/aromatic N) is 2. The lowest BCUT2D eigenvalue weighted by Gasteiger charge is -2.37. The van der Waals surface area contributed by atoms with Crippen molar-refractivity contribution in [1.29, 1.82) is 0 Å². The minimum Gasteiger partial charge on any atom is -0.355 e. The summed E-state index contributed by atoms with van der Waals surface area (Å²) in [4.78, 5) is 4.95. The van der Waals surface area contributed by atoms with Gasteiger partial charge in [-0.1, -0.05) is 187 Å². The van der Waals surface area contributed by atoms with Gasteiger partial charge < -0.3 is 15.1 Å². The van der Waals surface area contributed by atoms with E-state index in [1.165, 1.54) is 81.4 Å². The Bertz CT molecular complexity index is 3820. The predicted octanol–water partition coefficient (Wildman–Crippen LogP) is 17.1. The first-order valence-electron chi connectivity index (χ1n) is 24.3. The van der Waals surface area contributed by atoms with Crippen LogP contribution in [0.3, 0.4) is 0 Å². The fourth-order valence-corrected chi connectivity index (χ4v) is 11.6. The van der Waals surface area contributed by atoms with E-state index in [9.17, 15) is 0 Å². The van der Waals surface area contributed by atoms with Crippen LogP contribution in [0.5, 0.6) is 0 Å². The Labute approximate surface area is 419 Å². The van der Waals surface area contributed by atoms with E-state index in [0.717, 1.165) is 47.0 Å². The molecule has 1 N–H and O–H groups in total. The lowest BCUT2D eigenvalue weighted by Crippen LogP contribution is -2.41. The molecule has 1 aliphatic rings. The zero-order valence-electron chi connectivity index (χ0n) is 38.9. The molecule has 2 heterocycles. The van der Waals surface area contributed by atoms with Crippen LogP contribution in [-0.2, 0) is 0 Å². The van der Waals surface area contributed by atoms with Gasteiger partial charge in [0.05, 0.1) is 5.69 Å². The average Bonchev–Trinajstić information content (AvgIpc) is 3.83. The number of para-hydroxylation sites is 2. The number of nitrogens with one attached hydrogen (secondary N) is 1. The molecule has 0 fully saturated rings. The number of anilines is 8. The van der Waals surface area contributed by atoms with E-state index in [-0.39, 0.29) is 0 Å². The van der Waals surface area contributed by atoms with Crippen LogP contribution in [0.2, 0.25) is 0 Å². The second-order valence-corrected chi connectivity index (χ2v) is 19.2. The zero-order valence-corrected chi connectivity index (χ0v) is 39.7. The highest BCUT2D eigenvalue weighted by molar-refractivity contribution is 7.26. The summed E-state index contributed by atoms with van der Waals surface area (Å²) >= 11 is 1.88. The van der Waals surface area contributed by atoms with Gasteiger partial charge in [-0.2, -0.15) is 0 Å². The Kier molecular flexibility index (Phi) is 10.8. The fourth-order valence-electron chi connectivity index (χ4n) is 10.5. The first kappa shape index (κ1) is 42.2. The molecule has 0 aliphatic carbocycles. The van der Waals surface area contributed by atoms with E-state index in [0.29, 0.717) is 0 Å². The Balaban J connectivity index is 1.07. The van der Waals surface area contributed by atoms with E-state index >= 15 is 0 Å². The van der Waals surface area contributed by atoms with Gasteiger partial charge in [0.2, 0.25) is 0 Å². The van der Waals surface area contributed by atoms with E-state index in [1.807, 2.05) is 11.3 Å². The average molecular weight is 924 g/mol. The first-order chi connectivity index (χ1) is 35.2. The number of benzene rings is 11. The number of rotatable bonds is 10. The van der Waals surface area contributed by atoms with Crippen molar-refractivity contribution in [3.8, 4) is 44.5 Å². The zero-order chi connectivity index (χ0) is 47.1. The molecule has 0 atom stereocenters. The van der Waals surface area contributed by atoms with Crippen molar-refractivity contribution in [2.24, 2.45) is 0 Å². The van der Waals surface area contributed by atoms with Crippen LogP contribution in [0.15, 0.2) is 267 Å². The topological polar surface area (TPSA) is 18.5 Å². The van der Waals surface area contributed by atoms with Crippen LogP contribution in [0.1, 0.15) is 0 Å². The molecule has 71 heavy (non-hydrogen) atoms. The Hall–Kier alpha value is -8.90. The van der Waals surface area contributed by atoms with E-state index < -0.39 is 0 Å². The van der Waals surface area contributed by atoms with Gasteiger partial charge in [0.1, 0.15) is 0 Å². The van der Waals surface area contributed by atoms with Crippen LogP contribution in [0.4, 0.5) is 45.5 Å². The molecule has 0 unspecified atom stereocenters. The summed E-state index contributed by atoms with van der Waals surface area (Å²) in [6, 6.07) is 97.0. The molecular weight excluding hydrogens is 878 g/mol. The van der Waals surface area contributed by atoms with Crippen LogP contribution in [0.25, 0.3) is 64.7 Å². The Morgan fingerprint density at radius 1 is 0.394 bits per heavy atom. The number of fused-ring (bicyclic) bond motifs is 6. The van der Waals surface area contributed by atoms with E-state index in [4.69, 9.17) is 0 Å². The molecule has 0 saturated carbocycles. The van der Waals surface area contributed by atoms with Crippen LogP contribution < -0.4 is 26.0 Å². The monoisotopic (exact) mass is 923 g/mol. The number of thiophene rings is 1. The third-order valence-electron chi connectivity index (χ3n) is 13.8. The maximum atomic E-state index is 3.96. The second kappa shape index (κ2) is 18.2. The SMILES string of the molecule is B1c2ccc(N(c3ccccc3)c3ccccc3)cc2N(c2ccc(-c3ccccc3)cc2)c2c1c(-c1cc(-c3ccccc3)ccc1Nc1cccc(-c3ccccc3)c1)cc1sc3ccccc3c21. The van der Waals surface area contributed by atoms with Gasteiger partial charge in [0.25, 0.3) is 0 Å². The molecule has 1 aromatic heterocycles. The minimum absolute atomic E-state index is 0.744.